The Morgan fingerprint density at radius 2 is 2.10 bits per heavy atom. The van der Waals surface area contributed by atoms with E-state index in [0.717, 1.165) is 8.61 Å². The molecule has 0 amide bonds. The number of nitrogens with zero attached hydrogens (tertiary/aromatic N) is 2. The average molecular weight is 322 g/mol. The molecular weight excluding hydrogens is 300 g/mol. The van der Waals surface area contributed by atoms with E-state index in [1.54, 1.807) is 6.92 Å². The van der Waals surface area contributed by atoms with Gasteiger partial charge in [0.1, 0.15) is 6.04 Å². The molecule has 1 rings (SSSR count). The van der Waals surface area contributed by atoms with Gasteiger partial charge < -0.3 is 9.84 Å². The number of carbonyl (C=O) groups excluding carboxylic acids is 1. The van der Waals surface area contributed by atoms with Gasteiger partial charge in [-0.25, -0.2) is 0 Å². The van der Waals surface area contributed by atoms with E-state index in [4.69, 9.17) is 9.84 Å². The van der Waals surface area contributed by atoms with Gasteiger partial charge in [-0.2, -0.15) is 17.0 Å². The lowest BCUT2D eigenvalue weighted by molar-refractivity contribution is -0.147. The van der Waals surface area contributed by atoms with Crippen molar-refractivity contribution in [1.82, 2.24) is 8.61 Å². The third kappa shape index (κ3) is 4.65. The van der Waals surface area contributed by atoms with E-state index >= 15 is 0 Å². The number of rotatable bonds is 8. The minimum Gasteiger partial charge on any atom is -0.481 e. The van der Waals surface area contributed by atoms with Gasteiger partial charge in [0.25, 0.3) is 10.2 Å². The molecule has 0 radical (unpaired) electrons. The fourth-order valence-electron chi connectivity index (χ4n) is 2.24. The summed E-state index contributed by atoms with van der Waals surface area (Å²) < 4.78 is 32.0. The maximum Gasteiger partial charge on any atom is 0.324 e. The Balaban J connectivity index is 2.71. The SMILES string of the molecule is CCOC(=O)C1CCCN1S(=O)(=O)N(C)CCCC(=O)O. The van der Waals surface area contributed by atoms with Crippen molar-refractivity contribution >= 4 is 22.1 Å². The van der Waals surface area contributed by atoms with E-state index in [1.807, 2.05) is 0 Å². The number of carbonyl (C=O) groups is 2. The van der Waals surface area contributed by atoms with Gasteiger partial charge in [-0.1, -0.05) is 0 Å². The van der Waals surface area contributed by atoms with Gasteiger partial charge in [-0.3, -0.25) is 9.59 Å². The topological polar surface area (TPSA) is 104 Å². The number of carboxylic acid groups (broad SMARTS) is 1. The van der Waals surface area contributed by atoms with Crippen LogP contribution in [0.3, 0.4) is 0 Å². The van der Waals surface area contributed by atoms with Crippen molar-refractivity contribution in [3.63, 3.8) is 0 Å². The third-order valence-electron chi connectivity index (χ3n) is 3.32. The predicted molar refractivity (Wildman–Crippen MR) is 74.8 cm³/mol. The number of hydrogen-bond acceptors (Lipinski definition) is 5. The highest BCUT2D eigenvalue weighted by molar-refractivity contribution is 7.86. The Morgan fingerprint density at radius 3 is 2.67 bits per heavy atom. The molecule has 0 saturated carbocycles. The minimum absolute atomic E-state index is 0.0961. The van der Waals surface area contributed by atoms with Crippen LogP contribution in [0.1, 0.15) is 32.6 Å². The van der Waals surface area contributed by atoms with Gasteiger partial charge in [0, 0.05) is 26.6 Å². The van der Waals surface area contributed by atoms with Gasteiger partial charge >= 0.3 is 11.9 Å². The highest BCUT2D eigenvalue weighted by Gasteiger charge is 2.41. The molecule has 8 nitrogen and oxygen atoms in total. The molecule has 122 valence electrons. The lowest BCUT2D eigenvalue weighted by Gasteiger charge is -2.27. The van der Waals surface area contributed by atoms with Crippen molar-refractivity contribution in [2.24, 2.45) is 0 Å². The molecule has 1 saturated heterocycles. The Morgan fingerprint density at radius 1 is 1.43 bits per heavy atom. The molecule has 1 heterocycles. The molecule has 1 atom stereocenters. The van der Waals surface area contributed by atoms with Gasteiger partial charge in [0.2, 0.25) is 0 Å². The Bertz CT molecular complexity index is 478. The molecule has 0 aliphatic carbocycles. The number of hydrogen-bond donors (Lipinski definition) is 1. The number of esters is 1. The summed E-state index contributed by atoms with van der Waals surface area (Å²) in [7, 11) is -2.39. The molecule has 0 aromatic heterocycles. The molecular formula is C12H22N2O6S. The van der Waals surface area contributed by atoms with Gasteiger partial charge in [0.15, 0.2) is 0 Å². The highest BCUT2D eigenvalue weighted by atomic mass is 32.2. The molecule has 9 heteroatoms. The van der Waals surface area contributed by atoms with Gasteiger partial charge in [-0.05, 0) is 26.2 Å². The standard InChI is InChI=1S/C12H22N2O6S/c1-3-20-12(17)10-6-4-9-14(10)21(18,19)13(2)8-5-7-11(15)16/h10H,3-9H2,1-2H3,(H,15,16). The molecule has 21 heavy (non-hydrogen) atoms. The normalized spacial score (nSPS) is 19.9. The molecule has 1 N–H and O–H groups in total. The Hall–Kier alpha value is -1.19. The summed E-state index contributed by atoms with van der Waals surface area (Å²) in [5.41, 5.74) is 0. The summed E-state index contributed by atoms with van der Waals surface area (Å²) in [6, 6.07) is -0.781. The zero-order valence-corrected chi connectivity index (χ0v) is 13.1. The zero-order valence-electron chi connectivity index (χ0n) is 12.3. The summed E-state index contributed by atoms with van der Waals surface area (Å²) in [5, 5.41) is 8.58. The second-order valence-corrected chi connectivity index (χ2v) is 6.84. The summed E-state index contributed by atoms with van der Waals surface area (Å²) in [4.78, 5) is 22.3. The summed E-state index contributed by atoms with van der Waals surface area (Å²) in [5.74, 6) is -1.50. The molecule has 0 aromatic rings. The molecule has 0 spiro atoms. The van der Waals surface area contributed by atoms with Crippen LogP contribution in [0.25, 0.3) is 0 Å². The van der Waals surface area contributed by atoms with Crippen LogP contribution < -0.4 is 0 Å². The van der Waals surface area contributed by atoms with Crippen molar-refractivity contribution in [1.29, 1.82) is 0 Å². The monoisotopic (exact) mass is 322 g/mol. The van der Waals surface area contributed by atoms with E-state index in [0.29, 0.717) is 12.8 Å². The van der Waals surface area contributed by atoms with Crippen molar-refractivity contribution in [3.05, 3.63) is 0 Å². The largest absolute Gasteiger partial charge is 0.481 e. The summed E-state index contributed by atoms with van der Waals surface area (Å²) >= 11 is 0. The van der Waals surface area contributed by atoms with Crippen LogP contribution in [0.4, 0.5) is 0 Å². The minimum atomic E-state index is -3.78. The van der Waals surface area contributed by atoms with Crippen molar-refractivity contribution < 1.29 is 27.9 Å². The first kappa shape index (κ1) is 17.9. The van der Waals surface area contributed by atoms with Crippen LogP contribution in [-0.2, 0) is 24.5 Å². The van der Waals surface area contributed by atoms with Gasteiger partial charge in [-0.15, -0.1) is 0 Å². The van der Waals surface area contributed by atoms with E-state index in [9.17, 15) is 18.0 Å². The van der Waals surface area contributed by atoms with Crippen LogP contribution in [0.2, 0.25) is 0 Å². The average Bonchev–Trinajstić information content (AvgIpc) is 2.88. The zero-order chi connectivity index (χ0) is 16.0. The van der Waals surface area contributed by atoms with Crippen LogP contribution in [0.5, 0.6) is 0 Å². The van der Waals surface area contributed by atoms with E-state index in [1.165, 1.54) is 7.05 Å². The lowest BCUT2D eigenvalue weighted by atomic mass is 10.2. The Kier molecular flexibility index (Phi) is 6.56. The maximum absolute atomic E-state index is 12.4. The first-order chi connectivity index (χ1) is 9.80. The first-order valence-electron chi connectivity index (χ1n) is 6.92. The second-order valence-electron chi connectivity index (χ2n) is 4.85. The third-order valence-corrected chi connectivity index (χ3v) is 5.32. The molecule has 1 aliphatic heterocycles. The van der Waals surface area contributed by atoms with Crippen molar-refractivity contribution in [2.45, 2.75) is 38.6 Å². The number of ether oxygens (including phenoxy) is 1. The van der Waals surface area contributed by atoms with Gasteiger partial charge in [0.05, 0.1) is 6.61 Å². The smallest absolute Gasteiger partial charge is 0.324 e. The van der Waals surface area contributed by atoms with Crippen LogP contribution in [0, 0.1) is 0 Å². The molecule has 0 bridgehead atoms. The number of aliphatic carboxylic acids is 1. The lowest BCUT2D eigenvalue weighted by Crippen LogP contribution is -2.47. The Labute approximate surface area is 124 Å². The molecule has 1 fully saturated rings. The van der Waals surface area contributed by atoms with Crippen molar-refractivity contribution in [2.75, 3.05) is 26.7 Å². The number of carboxylic acids is 1. The highest BCUT2D eigenvalue weighted by Crippen LogP contribution is 2.24. The fourth-order valence-corrected chi connectivity index (χ4v) is 3.83. The first-order valence-corrected chi connectivity index (χ1v) is 8.32. The summed E-state index contributed by atoms with van der Waals surface area (Å²) in [6.07, 6.45) is 1.18. The second kappa shape index (κ2) is 7.71. The molecule has 0 aromatic carbocycles. The fraction of sp³-hybridized carbons (Fsp3) is 0.833. The molecule has 1 unspecified atom stereocenters. The van der Waals surface area contributed by atoms with Crippen LogP contribution >= 0.6 is 0 Å². The maximum atomic E-state index is 12.4. The predicted octanol–water partition coefficient (Wildman–Crippen LogP) is 0.0553. The van der Waals surface area contributed by atoms with Crippen molar-refractivity contribution in [3.8, 4) is 0 Å². The quantitative estimate of drug-likeness (QED) is 0.633. The van der Waals surface area contributed by atoms with Crippen LogP contribution in [0.15, 0.2) is 0 Å². The van der Waals surface area contributed by atoms with E-state index < -0.39 is 28.2 Å². The molecule has 1 aliphatic rings. The van der Waals surface area contributed by atoms with E-state index in [-0.39, 0.29) is 32.5 Å². The van der Waals surface area contributed by atoms with E-state index in [2.05, 4.69) is 0 Å². The summed E-state index contributed by atoms with van der Waals surface area (Å²) in [6.45, 7) is 2.25. The van der Waals surface area contributed by atoms with Crippen LogP contribution in [-0.4, -0.2) is 66.9 Å².